The molecule has 0 spiro atoms. The third-order valence-electron chi connectivity index (χ3n) is 3.63. The van der Waals surface area contributed by atoms with E-state index in [2.05, 4.69) is 0 Å². The molecule has 0 fully saturated rings. The lowest BCUT2D eigenvalue weighted by atomic mass is 9.94. The van der Waals surface area contributed by atoms with Crippen LogP contribution >= 0.6 is 0 Å². The van der Waals surface area contributed by atoms with Gasteiger partial charge in [0.25, 0.3) is 0 Å². The van der Waals surface area contributed by atoms with Gasteiger partial charge >= 0.3 is 11.9 Å². The summed E-state index contributed by atoms with van der Waals surface area (Å²) in [5.74, 6) is -1.52. The van der Waals surface area contributed by atoms with Crippen LogP contribution in [0.4, 0.5) is 0 Å². The maximum Gasteiger partial charge on any atom is 0.335 e. The van der Waals surface area contributed by atoms with E-state index in [-0.39, 0.29) is 13.2 Å². The summed E-state index contributed by atoms with van der Waals surface area (Å²) in [6, 6.07) is 5.85. The number of allylic oxidation sites excluding steroid dienone is 1. The molecule has 1 atom stereocenters. The number of rotatable bonds is 4. The van der Waals surface area contributed by atoms with Gasteiger partial charge in [-0.1, -0.05) is 23.8 Å². The van der Waals surface area contributed by atoms with Crippen molar-refractivity contribution in [1.29, 1.82) is 0 Å². The molecule has 21 heavy (non-hydrogen) atoms. The maximum absolute atomic E-state index is 12.3. The second-order valence-corrected chi connectivity index (χ2v) is 5.03. The molecule has 0 aliphatic heterocycles. The smallest absolute Gasteiger partial charge is 0.335 e. The van der Waals surface area contributed by atoms with Crippen molar-refractivity contribution in [2.75, 3.05) is 13.2 Å². The lowest BCUT2D eigenvalue weighted by Crippen LogP contribution is -2.21. The van der Waals surface area contributed by atoms with E-state index in [1.54, 1.807) is 13.8 Å². The van der Waals surface area contributed by atoms with Crippen LogP contribution in [0.25, 0.3) is 5.57 Å². The Hall–Kier alpha value is -2.10. The summed E-state index contributed by atoms with van der Waals surface area (Å²) in [6.45, 7) is 7.87. The Morgan fingerprint density at radius 2 is 1.76 bits per heavy atom. The van der Waals surface area contributed by atoms with Gasteiger partial charge in [-0.3, -0.25) is 4.79 Å². The predicted octanol–water partition coefficient (Wildman–Crippen LogP) is 2.99. The number of fused-ring (bicyclic) bond motifs is 1. The van der Waals surface area contributed by atoms with Crippen LogP contribution in [0.15, 0.2) is 23.8 Å². The lowest BCUT2D eigenvalue weighted by molar-refractivity contribution is -0.147. The van der Waals surface area contributed by atoms with Gasteiger partial charge in [-0.2, -0.15) is 0 Å². The molecule has 0 aromatic heterocycles. The largest absolute Gasteiger partial charge is 0.465 e. The Morgan fingerprint density at radius 3 is 2.38 bits per heavy atom. The van der Waals surface area contributed by atoms with E-state index in [1.165, 1.54) is 0 Å². The zero-order valence-electron chi connectivity index (χ0n) is 12.9. The summed E-state index contributed by atoms with van der Waals surface area (Å²) < 4.78 is 10.3. The zero-order valence-corrected chi connectivity index (χ0v) is 12.9. The highest BCUT2D eigenvalue weighted by Gasteiger charge is 2.39. The average Bonchev–Trinajstić information content (AvgIpc) is 2.72. The van der Waals surface area contributed by atoms with Crippen molar-refractivity contribution >= 4 is 17.5 Å². The number of hydrogen-bond donors (Lipinski definition) is 0. The Bertz CT molecular complexity index is 613. The topological polar surface area (TPSA) is 52.6 Å². The first kappa shape index (κ1) is 15.3. The summed E-state index contributed by atoms with van der Waals surface area (Å²) in [6.07, 6.45) is 0. The molecule has 0 saturated heterocycles. The first-order chi connectivity index (χ1) is 10.0. The molecule has 2 rings (SSSR count). The molecule has 0 N–H and O–H groups in total. The van der Waals surface area contributed by atoms with Crippen molar-refractivity contribution in [2.45, 2.75) is 33.6 Å². The van der Waals surface area contributed by atoms with Crippen molar-refractivity contribution in [1.82, 2.24) is 0 Å². The molecule has 0 saturated carbocycles. The van der Waals surface area contributed by atoms with Crippen LogP contribution in [0, 0.1) is 6.92 Å². The van der Waals surface area contributed by atoms with Crippen molar-refractivity contribution in [3.8, 4) is 0 Å². The van der Waals surface area contributed by atoms with Crippen molar-refractivity contribution in [2.24, 2.45) is 0 Å². The summed E-state index contributed by atoms with van der Waals surface area (Å²) >= 11 is 0. The Labute approximate surface area is 124 Å². The van der Waals surface area contributed by atoms with Gasteiger partial charge in [0.15, 0.2) is 0 Å². The Morgan fingerprint density at radius 1 is 1.10 bits per heavy atom. The van der Waals surface area contributed by atoms with Gasteiger partial charge in [0.2, 0.25) is 0 Å². The molecule has 4 heteroatoms. The number of benzene rings is 1. The second-order valence-electron chi connectivity index (χ2n) is 5.03. The number of hydrogen-bond acceptors (Lipinski definition) is 4. The van der Waals surface area contributed by atoms with Crippen LogP contribution in [-0.4, -0.2) is 25.2 Å². The van der Waals surface area contributed by atoms with E-state index in [0.717, 1.165) is 22.3 Å². The van der Waals surface area contributed by atoms with E-state index >= 15 is 0 Å². The van der Waals surface area contributed by atoms with Crippen molar-refractivity contribution < 1.29 is 19.1 Å². The third-order valence-corrected chi connectivity index (χ3v) is 3.63. The van der Waals surface area contributed by atoms with Crippen LogP contribution in [0.3, 0.4) is 0 Å². The SMILES string of the molecule is CCOC(=O)C1=C(C)c2ccc(C)cc2C1C(=O)OCC. The fourth-order valence-electron chi connectivity index (χ4n) is 2.73. The minimum absolute atomic E-state index is 0.278. The van der Waals surface area contributed by atoms with Crippen LogP contribution < -0.4 is 0 Å². The molecule has 1 aromatic rings. The van der Waals surface area contributed by atoms with E-state index in [1.807, 2.05) is 32.0 Å². The lowest BCUT2D eigenvalue weighted by Gasteiger charge is -2.15. The molecular weight excluding hydrogens is 268 g/mol. The number of ether oxygens (including phenoxy) is 2. The second kappa shape index (κ2) is 6.12. The predicted molar refractivity (Wildman–Crippen MR) is 79.8 cm³/mol. The highest BCUT2D eigenvalue weighted by Crippen LogP contribution is 2.43. The Balaban J connectivity index is 2.54. The molecular formula is C17H20O4. The van der Waals surface area contributed by atoms with Gasteiger partial charge in [0, 0.05) is 0 Å². The monoisotopic (exact) mass is 288 g/mol. The molecule has 4 nitrogen and oxygen atoms in total. The van der Waals surface area contributed by atoms with Crippen molar-refractivity contribution in [3.05, 3.63) is 40.5 Å². The summed E-state index contributed by atoms with van der Waals surface area (Å²) in [4.78, 5) is 24.6. The highest BCUT2D eigenvalue weighted by atomic mass is 16.5. The first-order valence-corrected chi connectivity index (χ1v) is 7.16. The van der Waals surface area contributed by atoms with Gasteiger partial charge in [0.05, 0.1) is 18.8 Å². The van der Waals surface area contributed by atoms with Crippen LogP contribution in [0.1, 0.15) is 43.4 Å². The van der Waals surface area contributed by atoms with Gasteiger partial charge in [0.1, 0.15) is 5.92 Å². The number of carbonyl (C=O) groups is 2. The van der Waals surface area contributed by atoms with E-state index < -0.39 is 17.9 Å². The standard InChI is InChI=1S/C17H20O4/c1-5-20-16(18)14-11(4)12-8-7-10(3)9-13(12)15(14)17(19)21-6-2/h7-9,15H,5-6H2,1-4H3. The van der Waals surface area contributed by atoms with Gasteiger partial charge in [-0.05, 0) is 44.4 Å². The quantitative estimate of drug-likeness (QED) is 0.799. The van der Waals surface area contributed by atoms with E-state index in [9.17, 15) is 9.59 Å². The number of aryl methyl sites for hydroxylation is 1. The molecule has 112 valence electrons. The summed E-state index contributed by atoms with van der Waals surface area (Å²) in [7, 11) is 0. The van der Waals surface area contributed by atoms with Gasteiger partial charge in [-0.15, -0.1) is 0 Å². The molecule has 1 aromatic carbocycles. The molecule has 0 heterocycles. The van der Waals surface area contributed by atoms with E-state index in [0.29, 0.717) is 5.57 Å². The molecule has 0 radical (unpaired) electrons. The molecule has 1 aliphatic carbocycles. The average molecular weight is 288 g/mol. The normalized spacial score (nSPS) is 16.7. The summed E-state index contributed by atoms with van der Waals surface area (Å²) in [5, 5.41) is 0. The van der Waals surface area contributed by atoms with Crippen LogP contribution in [0.5, 0.6) is 0 Å². The fourth-order valence-corrected chi connectivity index (χ4v) is 2.73. The highest BCUT2D eigenvalue weighted by molar-refractivity contribution is 6.08. The summed E-state index contributed by atoms with van der Waals surface area (Å²) in [5.41, 5.74) is 3.98. The van der Waals surface area contributed by atoms with Gasteiger partial charge < -0.3 is 9.47 Å². The Kier molecular flexibility index (Phi) is 4.46. The molecule has 1 aliphatic rings. The first-order valence-electron chi connectivity index (χ1n) is 7.16. The minimum Gasteiger partial charge on any atom is -0.465 e. The van der Waals surface area contributed by atoms with Crippen LogP contribution in [0.2, 0.25) is 0 Å². The fraction of sp³-hybridized carbons (Fsp3) is 0.412. The van der Waals surface area contributed by atoms with Crippen molar-refractivity contribution in [3.63, 3.8) is 0 Å². The zero-order chi connectivity index (χ0) is 15.6. The van der Waals surface area contributed by atoms with E-state index in [4.69, 9.17) is 9.47 Å². The van der Waals surface area contributed by atoms with Gasteiger partial charge in [-0.25, -0.2) is 4.79 Å². The number of carbonyl (C=O) groups excluding carboxylic acids is 2. The number of esters is 2. The third kappa shape index (κ3) is 2.71. The molecule has 1 unspecified atom stereocenters. The maximum atomic E-state index is 12.3. The molecule has 0 bridgehead atoms. The minimum atomic E-state index is -0.682. The molecule has 0 amide bonds. The van der Waals surface area contributed by atoms with Crippen LogP contribution in [-0.2, 0) is 19.1 Å².